The molecular weight excluding hydrogens is 458 g/mol. The predicted molar refractivity (Wildman–Crippen MR) is 116 cm³/mol. The van der Waals surface area contributed by atoms with Crippen molar-refractivity contribution in [3.63, 3.8) is 0 Å². The number of nitrogens with zero attached hydrogens (tertiary/aromatic N) is 6. The summed E-state index contributed by atoms with van der Waals surface area (Å²) in [5.41, 5.74) is 5.64. The van der Waals surface area contributed by atoms with Crippen molar-refractivity contribution in [2.24, 2.45) is 5.73 Å². The second kappa shape index (κ2) is 7.82. The van der Waals surface area contributed by atoms with Crippen LogP contribution in [0.15, 0.2) is 45.2 Å². The summed E-state index contributed by atoms with van der Waals surface area (Å²) in [6, 6.07) is 6.86. The first-order valence-corrected chi connectivity index (χ1v) is 10.5. The molecule has 4 heterocycles. The number of aromatic nitrogens is 6. The number of amides is 1. The van der Waals surface area contributed by atoms with Gasteiger partial charge in [-0.15, -0.1) is 21.5 Å². The van der Waals surface area contributed by atoms with Gasteiger partial charge in [0.05, 0.1) is 30.4 Å². The van der Waals surface area contributed by atoms with Crippen LogP contribution in [-0.4, -0.2) is 40.8 Å². The van der Waals surface area contributed by atoms with Crippen LogP contribution in [0.4, 0.5) is 0 Å². The number of hydrogen-bond donors (Lipinski definition) is 2. The standard InChI is InChI=1S/C19H14ClN7O4S/c20-10-1-2-13-9(3-10)4-14(31-13)12(28)5-27-24-15(23-25-27)6-26-8-22-18-16(19(26)30)11(7-32-18)17(21)29/h1-4,7-8,12,28H,5-6H2,(H2,21,29)/t12-/m0/s1. The van der Waals surface area contributed by atoms with Crippen molar-refractivity contribution in [2.45, 2.75) is 19.2 Å². The molecule has 5 rings (SSSR count). The van der Waals surface area contributed by atoms with Crippen LogP contribution in [0.1, 0.15) is 28.0 Å². The van der Waals surface area contributed by atoms with Gasteiger partial charge < -0.3 is 15.3 Å². The molecule has 3 N–H and O–H groups in total. The number of thiophene rings is 1. The molecule has 11 nitrogen and oxygen atoms in total. The number of carbonyl (C=O) groups is 1. The third-order valence-corrected chi connectivity index (χ3v) is 5.92. The van der Waals surface area contributed by atoms with E-state index in [0.29, 0.717) is 21.2 Å². The zero-order valence-electron chi connectivity index (χ0n) is 16.2. The lowest BCUT2D eigenvalue weighted by Gasteiger charge is -2.05. The fourth-order valence-electron chi connectivity index (χ4n) is 3.27. The highest BCUT2D eigenvalue weighted by Crippen LogP contribution is 2.27. The Morgan fingerprint density at radius 3 is 3.00 bits per heavy atom. The molecule has 1 aromatic carbocycles. The van der Waals surface area contributed by atoms with E-state index in [1.165, 1.54) is 32.4 Å². The maximum Gasteiger partial charge on any atom is 0.263 e. The average molecular weight is 472 g/mol. The van der Waals surface area contributed by atoms with Gasteiger partial charge in [-0.05, 0) is 29.5 Å². The predicted octanol–water partition coefficient (Wildman–Crippen LogP) is 1.72. The topological polar surface area (TPSA) is 155 Å². The summed E-state index contributed by atoms with van der Waals surface area (Å²) in [5.74, 6) is -0.130. The van der Waals surface area contributed by atoms with Gasteiger partial charge in [0.25, 0.3) is 5.56 Å². The van der Waals surface area contributed by atoms with Crippen LogP contribution in [0, 0.1) is 0 Å². The van der Waals surface area contributed by atoms with Crippen molar-refractivity contribution < 1.29 is 14.3 Å². The van der Waals surface area contributed by atoms with Crippen molar-refractivity contribution >= 4 is 50.0 Å². The lowest BCUT2D eigenvalue weighted by Crippen LogP contribution is -2.23. The summed E-state index contributed by atoms with van der Waals surface area (Å²) < 4.78 is 6.92. The van der Waals surface area contributed by atoms with Gasteiger partial charge in [0.15, 0.2) is 5.82 Å². The monoisotopic (exact) mass is 471 g/mol. The van der Waals surface area contributed by atoms with Crippen LogP contribution in [-0.2, 0) is 13.1 Å². The molecule has 0 aliphatic rings. The minimum absolute atomic E-state index is 0.0108. The highest BCUT2D eigenvalue weighted by atomic mass is 35.5. The van der Waals surface area contributed by atoms with Crippen molar-refractivity contribution in [3.05, 3.63) is 68.5 Å². The average Bonchev–Trinajstić information content (AvgIpc) is 3.48. The molecule has 13 heteroatoms. The molecule has 0 unspecified atom stereocenters. The first kappa shape index (κ1) is 20.3. The number of fused-ring (bicyclic) bond motifs is 2. The molecular formula is C19H14ClN7O4S. The molecule has 0 saturated carbocycles. The molecule has 162 valence electrons. The third-order valence-electron chi connectivity index (χ3n) is 4.79. The number of aliphatic hydroxyl groups excluding tert-OH is 1. The third kappa shape index (κ3) is 3.64. The van der Waals surface area contributed by atoms with Gasteiger partial charge in [0.1, 0.15) is 22.3 Å². The minimum Gasteiger partial charge on any atom is -0.458 e. The van der Waals surface area contributed by atoms with Crippen LogP contribution < -0.4 is 11.3 Å². The maximum atomic E-state index is 12.8. The fraction of sp³-hybridized carbons (Fsp3) is 0.158. The van der Waals surface area contributed by atoms with E-state index in [0.717, 1.165) is 5.39 Å². The number of benzene rings is 1. The van der Waals surface area contributed by atoms with Gasteiger partial charge in [-0.1, -0.05) is 11.6 Å². The van der Waals surface area contributed by atoms with Crippen molar-refractivity contribution in [3.8, 4) is 0 Å². The van der Waals surface area contributed by atoms with E-state index in [9.17, 15) is 14.7 Å². The van der Waals surface area contributed by atoms with E-state index in [1.54, 1.807) is 24.3 Å². The Balaban J connectivity index is 1.35. The Kier molecular flexibility index (Phi) is 4.96. The van der Waals surface area contributed by atoms with Crippen LogP contribution in [0.2, 0.25) is 5.02 Å². The SMILES string of the molecule is NC(=O)c1csc2ncn(Cc3nnn(C[C@H](O)c4cc5cc(Cl)ccc5o4)n3)c(=O)c12. The largest absolute Gasteiger partial charge is 0.458 e. The number of hydrogen-bond acceptors (Lipinski definition) is 9. The van der Waals surface area contributed by atoms with Gasteiger partial charge in [0, 0.05) is 15.8 Å². The van der Waals surface area contributed by atoms with E-state index in [-0.39, 0.29) is 29.9 Å². The summed E-state index contributed by atoms with van der Waals surface area (Å²) in [6.45, 7) is -0.0296. The zero-order chi connectivity index (χ0) is 22.4. The number of aliphatic hydroxyl groups is 1. The Morgan fingerprint density at radius 1 is 1.34 bits per heavy atom. The first-order chi connectivity index (χ1) is 15.4. The number of halogens is 1. The van der Waals surface area contributed by atoms with E-state index in [2.05, 4.69) is 20.4 Å². The molecule has 32 heavy (non-hydrogen) atoms. The van der Waals surface area contributed by atoms with E-state index < -0.39 is 17.6 Å². The molecule has 0 aliphatic heterocycles. The molecule has 0 aliphatic carbocycles. The number of nitrogens with two attached hydrogens (primary N) is 1. The highest BCUT2D eigenvalue weighted by Gasteiger charge is 2.18. The summed E-state index contributed by atoms with van der Waals surface area (Å²) in [7, 11) is 0. The number of rotatable bonds is 6. The minimum atomic E-state index is -1.02. The number of tetrazole rings is 1. The Labute approximate surface area is 187 Å². The molecule has 0 fully saturated rings. The van der Waals surface area contributed by atoms with Gasteiger partial charge in [-0.2, -0.15) is 4.80 Å². The lowest BCUT2D eigenvalue weighted by molar-refractivity contribution is 0.100. The van der Waals surface area contributed by atoms with E-state index in [4.69, 9.17) is 21.8 Å². The molecule has 0 saturated heterocycles. The second-order valence-electron chi connectivity index (χ2n) is 6.98. The van der Waals surface area contributed by atoms with Crippen LogP contribution in [0.25, 0.3) is 21.2 Å². The van der Waals surface area contributed by atoms with Crippen molar-refractivity contribution in [1.29, 1.82) is 0 Å². The molecule has 5 aromatic rings. The van der Waals surface area contributed by atoms with Crippen LogP contribution in [0.5, 0.6) is 0 Å². The molecule has 1 atom stereocenters. The normalized spacial score (nSPS) is 12.6. The lowest BCUT2D eigenvalue weighted by atomic mass is 10.2. The first-order valence-electron chi connectivity index (χ1n) is 9.29. The Morgan fingerprint density at radius 2 is 2.19 bits per heavy atom. The smallest absolute Gasteiger partial charge is 0.263 e. The second-order valence-corrected chi connectivity index (χ2v) is 8.27. The number of primary amides is 1. The van der Waals surface area contributed by atoms with Crippen LogP contribution >= 0.6 is 22.9 Å². The molecule has 0 bridgehead atoms. The Hall–Kier alpha value is -3.61. The van der Waals surface area contributed by atoms with Gasteiger partial charge in [-0.3, -0.25) is 14.2 Å². The highest BCUT2D eigenvalue weighted by molar-refractivity contribution is 7.17. The number of carbonyl (C=O) groups excluding carboxylic acids is 1. The molecule has 0 radical (unpaired) electrons. The van der Waals surface area contributed by atoms with Gasteiger partial charge >= 0.3 is 0 Å². The van der Waals surface area contributed by atoms with Crippen LogP contribution in [0.3, 0.4) is 0 Å². The molecule has 1 amide bonds. The maximum absolute atomic E-state index is 12.8. The van der Waals surface area contributed by atoms with Crippen molar-refractivity contribution in [1.82, 2.24) is 29.8 Å². The Bertz CT molecular complexity index is 1540. The molecule has 0 spiro atoms. The number of furan rings is 1. The van der Waals surface area contributed by atoms with Crippen molar-refractivity contribution in [2.75, 3.05) is 0 Å². The van der Waals surface area contributed by atoms with E-state index >= 15 is 0 Å². The quantitative estimate of drug-likeness (QED) is 0.379. The van der Waals surface area contributed by atoms with Gasteiger partial charge in [-0.25, -0.2) is 4.98 Å². The summed E-state index contributed by atoms with van der Waals surface area (Å²) in [5, 5.41) is 25.6. The zero-order valence-corrected chi connectivity index (χ0v) is 17.7. The summed E-state index contributed by atoms with van der Waals surface area (Å²) in [4.78, 5) is 30.2. The summed E-state index contributed by atoms with van der Waals surface area (Å²) >= 11 is 7.15. The summed E-state index contributed by atoms with van der Waals surface area (Å²) in [6.07, 6.45) is 0.328. The van der Waals surface area contributed by atoms with E-state index in [1.807, 2.05) is 0 Å². The fourth-order valence-corrected chi connectivity index (χ4v) is 4.34. The van der Waals surface area contributed by atoms with Gasteiger partial charge in [0.2, 0.25) is 5.91 Å². The molecule has 4 aromatic heterocycles.